The summed E-state index contributed by atoms with van der Waals surface area (Å²) in [4.78, 5) is 9.21. The highest BCUT2D eigenvalue weighted by Crippen LogP contribution is 2.30. The van der Waals surface area contributed by atoms with Gasteiger partial charge in [-0.15, -0.1) is 11.3 Å². The molecule has 2 aromatic rings. The molecule has 3 rings (SSSR count). The molecule has 0 aromatic carbocycles. The maximum Gasteiger partial charge on any atom is 0.0926 e. The fourth-order valence-electron chi connectivity index (χ4n) is 2.57. The van der Waals surface area contributed by atoms with Crippen LogP contribution in [0.25, 0.3) is 0 Å². The topological polar surface area (TPSA) is 40.7 Å². The smallest absolute Gasteiger partial charge is 0.0926 e. The number of aromatic nitrogens is 2. The summed E-state index contributed by atoms with van der Waals surface area (Å²) < 4.78 is 0. The van der Waals surface area contributed by atoms with Gasteiger partial charge in [0.05, 0.1) is 17.6 Å². The number of imidazole rings is 1. The normalized spacial score (nSPS) is 23.6. The van der Waals surface area contributed by atoms with Gasteiger partial charge in [-0.05, 0) is 31.2 Å². The molecule has 0 amide bonds. The molecule has 17 heavy (non-hydrogen) atoms. The van der Waals surface area contributed by atoms with E-state index in [0.29, 0.717) is 0 Å². The average molecular weight is 247 g/mol. The number of nitrogens with one attached hydrogen (secondary N) is 2. The number of hydrogen-bond donors (Lipinski definition) is 2. The predicted molar refractivity (Wildman–Crippen MR) is 70.3 cm³/mol. The Balaban J connectivity index is 1.78. The summed E-state index contributed by atoms with van der Waals surface area (Å²) >= 11 is 1.84. The van der Waals surface area contributed by atoms with Crippen LogP contribution >= 0.6 is 11.3 Å². The minimum atomic E-state index is 0.0254. The Bertz CT molecular complexity index is 488. The van der Waals surface area contributed by atoms with Crippen LogP contribution in [0.15, 0.2) is 23.8 Å². The van der Waals surface area contributed by atoms with E-state index < -0.39 is 0 Å². The largest absolute Gasteiger partial charge is 0.348 e. The van der Waals surface area contributed by atoms with Crippen molar-refractivity contribution >= 4 is 11.3 Å². The van der Waals surface area contributed by atoms with E-state index in [9.17, 15) is 0 Å². The minimum absolute atomic E-state index is 0.0254. The lowest BCUT2D eigenvalue weighted by atomic mass is 9.87. The maximum absolute atomic E-state index is 4.50. The van der Waals surface area contributed by atoms with Crippen molar-refractivity contribution in [1.82, 2.24) is 15.3 Å². The zero-order valence-electron chi connectivity index (χ0n) is 9.99. The summed E-state index contributed by atoms with van der Waals surface area (Å²) in [6.45, 7) is 3.30. The summed E-state index contributed by atoms with van der Waals surface area (Å²) in [5, 5.41) is 5.77. The van der Waals surface area contributed by atoms with Gasteiger partial charge in [-0.3, -0.25) is 0 Å². The van der Waals surface area contributed by atoms with Gasteiger partial charge in [-0.25, -0.2) is 4.98 Å². The van der Waals surface area contributed by atoms with Crippen molar-refractivity contribution in [3.63, 3.8) is 0 Å². The number of aromatic amines is 1. The first-order chi connectivity index (χ1) is 8.28. The molecule has 0 saturated heterocycles. The van der Waals surface area contributed by atoms with Crippen molar-refractivity contribution < 1.29 is 0 Å². The number of rotatable bonds is 3. The zero-order valence-corrected chi connectivity index (χ0v) is 10.8. The quantitative estimate of drug-likeness (QED) is 0.874. The molecule has 0 bridgehead atoms. The summed E-state index contributed by atoms with van der Waals surface area (Å²) in [5.41, 5.74) is 2.54. The Kier molecular flexibility index (Phi) is 2.76. The second kappa shape index (κ2) is 4.27. The molecule has 0 fully saturated rings. The van der Waals surface area contributed by atoms with Crippen molar-refractivity contribution in [2.24, 2.45) is 0 Å². The van der Waals surface area contributed by atoms with Crippen molar-refractivity contribution in [2.45, 2.75) is 31.7 Å². The third kappa shape index (κ3) is 2.03. The van der Waals surface area contributed by atoms with Crippen LogP contribution in [0.3, 0.4) is 0 Å². The average Bonchev–Trinajstić information content (AvgIpc) is 2.98. The molecule has 3 nitrogen and oxygen atoms in total. The van der Waals surface area contributed by atoms with Gasteiger partial charge in [-0.2, -0.15) is 0 Å². The Labute approximate surface area is 105 Å². The van der Waals surface area contributed by atoms with Crippen LogP contribution in [0, 0.1) is 0 Å². The van der Waals surface area contributed by atoms with Crippen LogP contribution in [0.2, 0.25) is 0 Å². The fourth-order valence-corrected chi connectivity index (χ4v) is 3.28. The molecule has 1 aliphatic heterocycles. The van der Waals surface area contributed by atoms with Gasteiger partial charge in [0.25, 0.3) is 0 Å². The van der Waals surface area contributed by atoms with Gasteiger partial charge in [0.1, 0.15) is 0 Å². The highest BCUT2D eigenvalue weighted by atomic mass is 32.1. The van der Waals surface area contributed by atoms with E-state index >= 15 is 0 Å². The third-order valence-corrected chi connectivity index (χ3v) is 4.52. The summed E-state index contributed by atoms with van der Waals surface area (Å²) in [7, 11) is 0. The Hall–Kier alpha value is -1.13. The van der Waals surface area contributed by atoms with E-state index in [1.54, 1.807) is 0 Å². The number of H-pyrrole nitrogens is 1. The van der Waals surface area contributed by atoms with E-state index in [4.69, 9.17) is 0 Å². The van der Waals surface area contributed by atoms with Crippen molar-refractivity contribution in [3.05, 3.63) is 40.1 Å². The van der Waals surface area contributed by atoms with Gasteiger partial charge in [0.2, 0.25) is 0 Å². The SMILES string of the molecule is CC1(CCc2cccs2)NCCc2[nH]cnc21. The van der Waals surface area contributed by atoms with Gasteiger partial charge >= 0.3 is 0 Å². The maximum atomic E-state index is 4.50. The van der Waals surface area contributed by atoms with E-state index in [1.165, 1.54) is 16.3 Å². The van der Waals surface area contributed by atoms with Crippen LogP contribution in [-0.2, 0) is 18.4 Å². The number of aryl methyl sites for hydroxylation is 1. The zero-order chi connectivity index (χ0) is 11.7. The molecule has 90 valence electrons. The van der Waals surface area contributed by atoms with Crippen LogP contribution in [0.4, 0.5) is 0 Å². The van der Waals surface area contributed by atoms with Gasteiger partial charge in [0, 0.05) is 23.5 Å². The molecule has 4 heteroatoms. The molecule has 0 aliphatic carbocycles. The minimum Gasteiger partial charge on any atom is -0.348 e. The molecule has 3 heterocycles. The van der Waals surface area contributed by atoms with Crippen LogP contribution in [0.1, 0.15) is 29.6 Å². The summed E-state index contributed by atoms with van der Waals surface area (Å²) in [6.07, 6.45) is 5.10. The summed E-state index contributed by atoms with van der Waals surface area (Å²) in [5.74, 6) is 0. The van der Waals surface area contributed by atoms with Gasteiger partial charge in [0.15, 0.2) is 0 Å². The van der Waals surface area contributed by atoms with E-state index in [0.717, 1.165) is 25.8 Å². The molecule has 1 unspecified atom stereocenters. The predicted octanol–water partition coefficient (Wildman–Crippen LogP) is 2.46. The van der Waals surface area contributed by atoms with Crippen LogP contribution in [0.5, 0.6) is 0 Å². The molecule has 0 saturated carbocycles. The van der Waals surface area contributed by atoms with Crippen molar-refractivity contribution in [1.29, 1.82) is 0 Å². The number of nitrogens with zero attached hydrogens (tertiary/aromatic N) is 1. The standard InChI is InChI=1S/C13H17N3S/c1-13(6-4-10-3-2-8-17-10)12-11(5-7-16-13)14-9-15-12/h2-3,8-9,16H,4-7H2,1H3,(H,14,15). The first kappa shape index (κ1) is 11.0. The number of hydrogen-bond acceptors (Lipinski definition) is 3. The Morgan fingerprint density at radius 3 is 3.29 bits per heavy atom. The lowest BCUT2D eigenvalue weighted by Gasteiger charge is -2.34. The van der Waals surface area contributed by atoms with E-state index in [2.05, 4.69) is 39.7 Å². The molecule has 0 spiro atoms. The second-order valence-electron chi connectivity index (χ2n) is 4.82. The molecular formula is C13H17N3S. The number of fused-ring (bicyclic) bond motifs is 1. The molecule has 1 atom stereocenters. The lowest BCUT2D eigenvalue weighted by molar-refractivity contribution is 0.315. The van der Waals surface area contributed by atoms with Crippen molar-refractivity contribution in [2.75, 3.05) is 6.54 Å². The first-order valence-electron chi connectivity index (χ1n) is 6.08. The Morgan fingerprint density at radius 1 is 1.53 bits per heavy atom. The van der Waals surface area contributed by atoms with Crippen LogP contribution in [-0.4, -0.2) is 16.5 Å². The van der Waals surface area contributed by atoms with E-state index in [-0.39, 0.29) is 5.54 Å². The monoisotopic (exact) mass is 247 g/mol. The van der Waals surface area contributed by atoms with Crippen molar-refractivity contribution in [3.8, 4) is 0 Å². The first-order valence-corrected chi connectivity index (χ1v) is 6.96. The van der Waals surface area contributed by atoms with Crippen LogP contribution < -0.4 is 5.32 Å². The molecule has 2 aromatic heterocycles. The highest BCUT2D eigenvalue weighted by Gasteiger charge is 2.33. The molecule has 0 radical (unpaired) electrons. The fraction of sp³-hybridized carbons (Fsp3) is 0.462. The van der Waals surface area contributed by atoms with Gasteiger partial charge < -0.3 is 10.3 Å². The summed E-state index contributed by atoms with van der Waals surface area (Å²) in [6, 6.07) is 4.33. The Morgan fingerprint density at radius 2 is 2.47 bits per heavy atom. The molecule has 1 aliphatic rings. The lowest BCUT2D eigenvalue weighted by Crippen LogP contribution is -2.45. The molecule has 2 N–H and O–H groups in total. The second-order valence-corrected chi connectivity index (χ2v) is 5.85. The highest BCUT2D eigenvalue weighted by molar-refractivity contribution is 7.09. The molecular weight excluding hydrogens is 230 g/mol. The third-order valence-electron chi connectivity index (χ3n) is 3.58. The van der Waals surface area contributed by atoms with E-state index in [1.807, 2.05) is 17.7 Å². The van der Waals surface area contributed by atoms with Gasteiger partial charge in [-0.1, -0.05) is 6.07 Å². The number of thiophene rings is 1.